The van der Waals surface area contributed by atoms with Gasteiger partial charge in [-0.25, -0.2) is 0 Å². The number of hydrogen-bond acceptors (Lipinski definition) is 3. The van der Waals surface area contributed by atoms with Crippen LogP contribution < -0.4 is 0 Å². The summed E-state index contributed by atoms with van der Waals surface area (Å²) in [6, 6.07) is 0. The van der Waals surface area contributed by atoms with E-state index in [1.807, 2.05) is 0 Å². The Bertz CT molecular complexity index is 245. The lowest BCUT2D eigenvalue weighted by molar-refractivity contribution is -0.154. The minimum Gasteiger partial charge on any atom is -0.465 e. The monoisotopic (exact) mass is 196 g/mol. The zero-order valence-electron chi connectivity index (χ0n) is 8.49. The highest BCUT2D eigenvalue weighted by Gasteiger charge is 2.36. The molecule has 1 saturated carbocycles. The van der Waals surface area contributed by atoms with E-state index in [2.05, 4.69) is 6.58 Å². The maximum atomic E-state index is 11.5. The van der Waals surface area contributed by atoms with E-state index in [4.69, 9.17) is 4.74 Å². The number of ether oxygens (including phenoxy) is 1. The number of carbonyl (C=O) groups is 2. The van der Waals surface area contributed by atoms with Crippen LogP contribution in [0.1, 0.15) is 26.2 Å². The molecule has 1 fully saturated rings. The predicted molar refractivity (Wildman–Crippen MR) is 52.7 cm³/mol. The van der Waals surface area contributed by atoms with Gasteiger partial charge in [-0.2, -0.15) is 0 Å². The standard InChI is InChI=1S/C11H16O3/c1-3-8-6-5-7-9(12)10(8)11(13)14-4-2/h3,8,10H,1,4-7H2,2H3/t8-,10+/m1/s1. The summed E-state index contributed by atoms with van der Waals surface area (Å²) in [6.45, 7) is 5.72. The summed E-state index contributed by atoms with van der Waals surface area (Å²) in [5, 5.41) is 0. The van der Waals surface area contributed by atoms with E-state index in [1.54, 1.807) is 13.0 Å². The summed E-state index contributed by atoms with van der Waals surface area (Å²) in [6.07, 6.45) is 3.90. The number of ketones is 1. The van der Waals surface area contributed by atoms with Gasteiger partial charge in [0.25, 0.3) is 0 Å². The first-order valence-electron chi connectivity index (χ1n) is 5.02. The third-order valence-electron chi connectivity index (χ3n) is 2.58. The molecule has 0 amide bonds. The number of esters is 1. The van der Waals surface area contributed by atoms with Crippen LogP contribution in [0.2, 0.25) is 0 Å². The Morgan fingerprint density at radius 1 is 1.71 bits per heavy atom. The fraction of sp³-hybridized carbons (Fsp3) is 0.636. The number of carbonyl (C=O) groups excluding carboxylic acids is 2. The highest BCUT2D eigenvalue weighted by Crippen LogP contribution is 2.29. The molecule has 3 nitrogen and oxygen atoms in total. The molecular formula is C11H16O3. The Morgan fingerprint density at radius 3 is 3.00 bits per heavy atom. The second-order valence-electron chi connectivity index (χ2n) is 3.49. The van der Waals surface area contributed by atoms with E-state index in [9.17, 15) is 9.59 Å². The van der Waals surface area contributed by atoms with Crippen molar-refractivity contribution in [2.75, 3.05) is 6.61 Å². The number of rotatable bonds is 3. The Kier molecular flexibility index (Phi) is 3.86. The van der Waals surface area contributed by atoms with Gasteiger partial charge in [0.05, 0.1) is 6.61 Å². The van der Waals surface area contributed by atoms with Crippen molar-refractivity contribution in [3.63, 3.8) is 0 Å². The van der Waals surface area contributed by atoms with Crippen molar-refractivity contribution in [2.45, 2.75) is 26.2 Å². The van der Waals surface area contributed by atoms with Gasteiger partial charge < -0.3 is 4.74 Å². The average Bonchev–Trinajstić information content (AvgIpc) is 2.17. The minimum atomic E-state index is -0.596. The lowest BCUT2D eigenvalue weighted by Gasteiger charge is -2.25. The Morgan fingerprint density at radius 2 is 2.43 bits per heavy atom. The van der Waals surface area contributed by atoms with Crippen molar-refractivity contribution in [1.29, 1.82) is 0 Å². The van der Waals surface area contributed by atoms with E-state index >= 15 is 0 Å². The van der Waals surface area contributed by atoms with Crippen molar-refractivity contribution < 1.29 is 14.3 Å². The Balaban J connectivity index is 2.73. The topological polar surface area (TPSA) is 43.4 Å². The van der Waals surface area contributed by atoms with Gasteiger partial charge in [0.15, 0.2) is 0 Å². The summed E-state index contributed by atoms with van der Waals surface area (Å²) < 4.78 is 4.88. The van der Waals surface area contributed by atoms with Crippen molar-refractivity contribution in [3.8, 4) is 0 Å². The molecular weight excluding hydrogens is 180 g/mol. The highest BCUT2D eigenvalue weighted by atomic mass is 16.5. The van der Waals surface area contributed by atoms with Crippen molar-refractivity contribution in [1.82, 2.24) is 0 Å². The van der Waals surface area contributed by atoms with E-state index in [-0.39, 0.29) is 17.7 Å². The van der Waals surface area contributed by atoms with E-state index in [0.29, 0.717) is 13.0 Å². The second-order valence-corrected chi connectivity index (χ2v) is 3.49. The second kappa shape index (κ2) is 4.94. The summed E-state index contributed by atoms with van der Waals surface area (Å²) in [5.41, 5.74) is 0. The first kappa shape index (κ1) is 11.0. The van der Waals surface area contributed by atoms with Crippen molar-refractivity contribution >= 4 is 11.8 Å². The molecule has 0 saturated heterocycles. The molecule has 0 aromatic carbocycles. The van der Waals surface area contributed by atoms with Gasteiger partial charge in [0, 0.05) is 6.42 Å². The van der Waals surface area contributed by atoms with Crippen LogP contribution in [0.4, 0.5) is 0 Å². The molecule has 1 rings (SSSR count). The van der Waals surface area contributed by atoms with E-state index < -0.39 is 5.92 Å². The van der Waals surface area contributed by atoms with Gasteiger partial charge in [-0.05, 0) is 25.7 Å². The maximum absolute atomic E-state index is 11.5. The van der Waals surface area contributed by atoms with Crippen molar-refractivity contribution in [3.05, 3.63) is 12.7 Å². The van der Waals surface area contributed by atoms with Gasteiger partial charge in [0.2, 0.25) is 0 Å². The molecule has 14 heavy (non-hydrogen) atoms. The highest BCUT2D eigenvalue weighted by molar-refractivity contribution is 6.00. The predicted octanol–water partition coefficient (Wildman–Crippen LogP) is 1.72. The third kappa shape index (κ3) is 2.22. The van der Waals surface area contributed by atoms with Crippen LogP contribution in [-0.4, -0.2) is 18.4 Å². The van der Waals surface area contributed by atoms with Gasteiger partial charge in [-0.1, -0.05) is 6.08 Å². The molecule has 0 aromatic heterocycles. The molecule has 2 atom stereocenters. The molecule has 0 spiro atoms. The summed E-state index contributed by atoms with van der Waals surface area (Å²) in [4.78, 5) is 23.0. The summed E-state index contributed by atoms with van der Waals surface area (Å²) in [5.74, 6) is -1.02. The van der Waals surface area contributed by atoms with Crippen LogP contribution in [0.3, 0.4) is 0 Å². The quantitative estimate of drug-likeness (QED) is 0.392. The van der Waals surface area contributed by atoms with Gasteiger partial charge in [0.1, 0.15) is 11.7 Å². The van der Waals surface area contributed by atoms with Crippen LogP contribution in [0, 0.1) is 11.8 Å². The lowest BCUT2D eigenvalue weighted by atomic mass is 9.78. The molecule has 3 heteroatoms. The summed E-state index contributed by atoms with van der Waals surface area (Å²) >= 11 is 0. The first-order chi connectivity index (χ1) is 6.70. The number of hydrogen-bond donors (Lipinski definition) is 0. The molecule has 0 N–H and O–H groups in total. The molecule has 0 aliphatic heterocycles. The molecule has 1 aliphatic rings. The fourth-order valence-corrected chi connectivity index (χ4v) is 1.87. The fourth-order valence-electron chi connectivity index (χ4n) is 1.87. The lowest BCUT2D eigenvalue weighted by Crippen LogP contribution is -2.35. The number of allylic oxidation sites excluding steroid dienone is 1. The maximum Gasteiger partial charge on any atom is 0.317 e. The van der Waals surface area contributed by atoms with E-state index in [1.165, 1.54) is 0 Å². The minimum absolute atomic E-state index is 0.000370. The van der Waals surface area contributed by atoms with Crippen molar-refractivity contribution in [2.24, 2.45) is 11.8 Å². The van der Waals surface area contributed by atoms with Crippen LogP contribution in [0.5, 0.6) is 0 Å². The average molecular weight is 196 g/mol. The SMILES string of the molecule is C=C[C@@H]1CCCC(=O)[C@H]1C(=O)OCC. The van der Waals surface area contributed by atoms with Crippen LogP contribution in [-0.2, 0) is 14.3 Å². The molecule has 0 radical (unpaired) electrons. The Labute approximate surface area is 84.1 Å². The Hall–Kier alpha value is -1.12. The number of Topliss-reactive ketones (excluding diaryl/α,β-unsaturated/α-hetero) is 1. The van der Waals surface area contributed by atoms with Crippen LogP contribution in [0.25, 0.3) is 0 Å². The zero-order chi connectivity index (χ0) is 10.6. The smallest absolute Gasteiger partial charge is 0.317 e. The molecule has 0 bridgehead atoms. The van der Waals surface area contributed by atoms with Gasteiger partial charge >= 0.3 is 5.97 Å². The zero-order valence-corrected chi connectivity index (χ0v) is 8.49. The largest absolute Gasteiger partial charge is 0.465 e. The summed E-state index contributed by atoms with van der Waals surface area (Å²) in [7, 11) is 0. The molecule has 0 aromatic rings. The van der Waals surface area contributed by atoms with E-state index in [0.717, 1.165) is 12.8 Å². The molecule has 0 unspecified atom stereocenters. The molecule has 78 valence electrons. The third-order valence-corrected chi connectivity index (χ3v) is 2.58. The molecule has 0 heterocycles. The van der Waals surface area contributed by atoms with Crippen LogP contribution in [0.15, 0.2) is 12.7 Å². The van der Waals surface area contributed by atoms with Gasteiger partial charge in [-0.15, -0.1) is 6.58 Å². The van der Waals surface area contributed by atoms with Crippen LogP contribution >= 0.6 is 0 Å². The normalized spacial score (nSPS) is 27.1. The van der Waals surface area contributed by atoms with Gasteiger partial charge in [-0.3, -0.25) is 9.59 Å². The first-order valence-corrected chi connectivity index (χ1v) is 5.02. The molecule has 1 aliphatic carbocycles.